The molecule has 0 fully saturated rings. The Hall–Kier alpha value is -4.68. The fourth-order valence-electron chi connectivity index (χ4n) is 3.53. The van der Waals surface area contributed by atoms with Crippen LogP contribution in [0.3, 0.4) is 0 Å². The number of anilines is 1. The first-order chi connectivity index (χ1) is 16.5. The number of hydrogen-bond donors (Lipinski definition) is 3. The summed E-state index contributed by atoms with van der Waals surface area (Å²) in [7, 11) is 0. The van der Waals surface area contributed by atoms with Crippen molar-refractivity contribution in [2.75, 3.05) is 4.90 Å². The largest absolute Gasteiger partial charge is 0.476 e. The molecule has 35 heavy (non-hydrogen) atoms. The lowest BCUT2D eigenvalue weighted by atomic mass is 10.1. The third-order valence-electron chi connectivity index (χ3n) is 5.10. The molecule has 0 aliphatic rings. The Balaban J connectivity index is 1.80. The van der Waals surface area contributed by atoms with Crippen molar-refractivity contribution in [3.8, 4) is 5.69 Å². The maximum absolute atomic E-state index is 14.2. The molecule has 0 aliphatic heterocycles. The molecule has 0 saturated heterocycles. The monoisotopic (exact) mass is 489 g/mol. The van der Waals surface area contributed by atoms with Crippen LogP contribution in [0.2, 0.25) is 0 Å². The Morgan fingerprint density at radius 3 is 2.51 bits per heavy atom. The number of aromatic carboxylic acids is 1. The number of para-hydroxylation sites is 1. The molecule has 0 spiro atoms. The quantitative estimate of drug-likeness (QED) is 0.368. The highest BCUT2D eigenvalue weighted by atomic mass is 19.4. The van der Waals surface area contributed by atoms with Crippen LogP contribution in [0.15, 0.2) is 59.7 Å². The number of rotatable bonds is 5. The van der Waals surface area contributed by atoms with Gasteiger partial charge in [-0.15, -0.1) is 0 Å². The molecule has 2 heterocycles. The van der Waals surface area contributed by atoms with Crippen LogP contribution in [0.1, 0.15) is 21.6 Å². The number of fused-ring (bicyclic) bond motifs is 1. The Morgan fingerprint density at radius 2 is 1.89 bits per heavy atom. The molecule has 4 N–H and O–H groups in total. The third kappa shape index (κ3) is 4.55. The molecule has 13 heteroatoms. The van der Waals surface area contributed by atoms with Crippen molar-refractivity contribution >= 4 is 28.7 Å². The van der Waals surface area contributed by atoms with Gasteiger partial charge in [0.2, 0.25) is 5.69 Å². The zero-order chi connectivity index (χ0) is 25.5. The van der Waals surface area contributed by atoms with Gasteiger partial charge in [-0.3, -0.25) is 9.69 Å². The topological polar surface area (TPSA) is 134 Å². The van der Waals surface area contributed by atoms with E-state index in [0.717, 1.165) is 21.6 Å². The Bertz CT molecular complexity index is 1530. The minimum Gasteiger partial charge on any atom is -0.476 e. The van der Waals surface area contributed by atoms with E-state index in [-0.39, 0.29) is 23.3 Å². The molecule has 2 amide bonds. The Kier molecular flexibility index (Phi) is 5.76. The number of primary amides is 1. The van der Waals surface area contributed by atoms with Crippen LogP contribution in [0.25, 0.3) is 16.7 Å². The standard InChI is InChI=1S/C22H15F4N5O4/c23-13-3-1-2-4-16(13)31(21(27)35)10-11-5-6-30(9-11)17-8-15-14(7-12(17)22(24,25)26)29-19(32)18(28-15)20(33)34/h1-9H,10H2,(H2,27,35)(H,29,32)(H,33,34). The van der Waals surface area contributed by atoms with E-state index in [1.807, 2.05) is 0 Å². The highest BCUT2D eigenvalue weighted by molar-refractivity contribution is 5.91. The van der Waals surface area contributed by atoms with Gasteiger partial charge in [-0.1, -0.05) is 12.1 Å². The summed E-state index contributed by atoms with van der Waals surface area (Å²) in [5, 5.41) is 9.10. The van der Waals surface area contributed by atoms with E-state index in [9.17, 15) is 31.9 Å². The van der Waals surface area contributed by atoms with Gasteiger partial charge in [0.25, 0.3) is 5.56 Å². The Labute approximate surface area is 193 Å². The summed E-state index contributed by atoms with van der Waals surface area (Å²) < 4.78 is 56.7. The van der Waals surface area contributed by atoms with E-state index in [1.54, 1.807) is 0 Å². The van der Waals surface area contributed by atoms with Crippen molar-refractivity contribution in [2.24, 2.45) is 5.73 Å². The van der Waals surface area contributed by atoms with Crippen LogP contribution in [0.5, 0.6) is 0 Å². The van der Waals surface area contributed by atoms with Crippen LogP contribution < -0.4 is 16.2 Å². The molecule has 0 aliphatic carbocycles. The number of nitrogens with two attached hydrogens (primary N) is 1. The molecule has 2 aromatic carbocycles. The number of hydrogen-bond acceptors (Lipinski definition) is 4. The van der Waals surface area contributed by atoms with Crippen LogP contribution in [0, 0.1) is 5.82 Å². The lowest BCUT2D eigenvalue weighted by Crippen LogP contribution is -2.35. The minimum atomic E-state index is -4.84. The first-order valence-corrected chi connectivity index (χ1v) is 9.83. The number of alkyl halides is 3. The molecule has 4 aromatic rings. The maximum atomic E-state index is 14.2. The molecule has 180 valence electrons. The number of amides is 2. The van der Waals surface area contributed by atoms with Crippen LogP contribution in [0.4, 0.5) is 28.0 Å². The van der Waals surface area contributed by atoms with Crippen molar-refractivity contribution in [2.45, 2.75) is 12.7 Å². The third-order valence-corrected chi connectivity index (χ3v) is 5.10. The molecule has 0 unspecified atom stereocenters. The van der Waals surface area contributed by atoms with Gasteiger partial charge in [-0.25, -0.2) is 19.0 Å². The normalized spacial score (nSPS) is 11.5. The van der Waals surface area contributed by atoms with Gasteiger partial charge < -0.3 is 20.4 Å². The zero-order valence-corrected chi connectivity index (χ0v) is 17.5. The van der Waals surface area contributed by atoms with E-state index in [4.69, 9.17) is 10.8 Å². The SMILES string of the molecule is NC(=O)N(Cc1ccn(-c2cc3nc(C(=O)O)c(=O)[nH]c3cc2C(F)(F)F)c1)c1ccccc1F. The van der Waals surface area contributed by atoms with Gasteiger partial charge in [0.1, 0.15) is 5.82 Å². The first-order valence-electron chi connectivity index (χ1n) is 9.83. The number of carboxylic acids is 1. The molecule has 0 radical (unpaired) electrons. The van der Waals surface area contributed by atoms with Crippen LogP contribution >= 0.6 is 0 Å². The summed E-state index contributed by atoms with van der Waals surface area (Å²) in [6.07, 6.45) is -2.30. The Morgan fingerprint density at radius 1 is 1.17 bits per heavy atom. The number of aromatic nitrogens is 3. The molecular weight excluding hydrogens is 474 g/mol. The van der Waals surface area contributed by atoms with Crippen molar-refractivity contribution in [3.63, 3.8) is 0 Å². The second kappa shape index (κ2) is 8.59. The summed E-state index contributed by atoms with van der Waals surface area (Å²) >= 11 is 0. The first kappa shape index (κ1) is 23.5. The lowest BCUT2D eigenvalue weighted by Gasteiger charge is -2.20. The predicted molar refractivity (Wildman–Crippen MR) is 116 cm³/mol. The van der Waals surface area contributed by atoms with Gasteiger partial charge in [0.15, 0.2) is 0 Å². The average Bonchev–Trinajstić information content (AvgIpc) is 3.24. The molecule has 0 saturated carbocycles. The number of H-pyrrole nitrogens is 1. The number of nitrogens with one attached hydrogen (secondary N) is 1. The van der Waals surface area contributed by atoms with E-state index < -0.39 is 46.5 Å². The lowest BCUT2D eigenvalue weighted by molar-refractivity contribution is -0.137. The molecule has 2 aromatic heterocycles. The van der Waals surface area contributed by atoms with Gasteiger partial charge >= 0.3 is 18.2 Å². The predicted octanol–water partition coefficient (Wildman–Crippen LogP) is 3.66. The van der Waals surface area contributed by atoms with Crippen molar-refractivity contribution in [1.29, 1.82) is 0 Å². The highest BCUT2D eigenvalue weighted by Gasteiger charge is 2.35. The fourth-order valence-corrected chi connectivity index (χ4v) is 3.53. The molecule has 0 bridgehead atoms. The highest BCUT2D eigenvalue weighted by Crippen LogP contribution is 2.36. The number of nitrogens with zero attached hydrogens (tertiary/aromatic N) is 3. The maximum Gasteiger partial charge on any atom is 0.418 e. The number of urea groups is 1. The average molecular weight is 489 g/mol. The van der Waals surface area contributed by atoms with E-state index in [2.05, 4.69) is 9.97 Å². The van der Waals surface area contributed by atoms with Gasteiger partial charge in [0, 0.05) is 12.4 Å². The smallest absolute Gasteiger partial charge is 0.418 e. The van der Waals surface area contributed by atoms with E-state index in [1.165, 1.54) is 36.7 Å². The van der Waals surface area contributed by atoms with Crippen LogP contribution in [-0.2, 0) is 12.7 Å². The number of carbonyl (C=O) groups excluding carboxylic acids is 1. The van der Waals surface area contributed by atoms with Gasteiger partial charge in [-0.05, 0) is 35.9 Å². The van der Waals surface area contributed by atoms with Gasteiger partial charge in [-0.2, -0.15) is 13.2 Å². The summed E-state index contributed by atoms with van der Waals surface area (Å²) in [6, 6.07) is 7.44. The fraction of sp³-hybridized carbons (Fsp3) is 0.0909. The van der Waals surface area contributed by atoms with Crippen molar-refractivity contribution in [1.82, 2.24) is 14.5 Å². The second-order valence-corrected chi connectivity index (χ2v) is 7.41. The summed E-state index contributed by atoms with van der Waals surface area (Å²) in [6.45, 7) is -0.243. The summed E-state index contributed by atoms with van der Waals surface area (Å²) in [5.74, 6) is -2.36. The molecule has 0 atom stereocenters. The number of benzene rings is 2. The van der Waals surface area contributed by atoms with Gasteiger partial charge in [0.05, 0.1) is 34.5 Å². The molecule has 4 rings (SSSR count). The summed E-state index contributed by atoms with van der Waals surface area (Å²) in [4.78, 5) is 41.7. The second-order valence-electron chi connectivity index (χ2n) is 7.41. The molecular formula is C22H15F4N5O4. The van der Waals surface area contributed by atoms with Crippen molar-refractivity contribution in [3.05, 3.63) is 87.9 Å². The van der Waals surface area contributed by atoms with Crippen molar-refractivity contribution < 1.29 is 32.3 Å². The zero-order valence-electron chi connectivity index (χ0n) is 17.5. The number of carbonyl (C=O) groups is 2. The number of carboxylic acid groups (broad SMARTS) is 1. The minimum absolute atomic E-state index is 0.108. The number of halogens is 4. The number of aromatic amines is 1. The van der Waals surface area contributed by atoms with E-state index in [0.29, 0.717) is 11.6 Å². The summed E-state index contributed by atoms with van der Waals surface area (Å²) in [5.41, 5.74) is 1.53. The van der Waals surface area contributed by atoms with Crippen LogP contribution in [-0.4, -0.2) is 31.6 Å². The van der Waals surface area contributed by atoms with E-state index >= 15 is 0 Å². The molecule has 9 nitrogen and oxygen atoms in total.